The number of nitrogens with zero attached hydrogens (tertiary/aromatic N) is 1. The zero-order chi connectivity index (χ0) is 40.2. The Labute approximate surface area is 323 Å². The van der Waals surface area contributed by atoms with Crippen LogP contribution in [-0.2, 0) is 43.2 Å². The second kappa shape index (κ2) is 19.3. The second-order valence-corrected chi connectivity index (χ2v) is 15.7. The molecule has 4 rings (SSSR count). The number of carbonyl (C=O) groups excluding carboxylic acids is 5. The lowest BCUT2D eigenvalue weighted by Crippen LogP contribution is -2.60. The third-order valence-electron chi connectivity index (χ3n) is 9.31. The molecule has 294 valence electrons. The van der Waals surface area contributed by atoms with E-state index in [1.54, 1.807) is 27.0 Å². The van der Waals surface area contributed by atoms with E-state index in [1.807, 2.05) is 72.8 Å². The molecule has 0 radical (unpaired) electrons. The average molecular weight is 753 g/mol. The maximum Gasteiger partial charge on any atom is 0.243 e. The molecule has 13 nitrogen and oxygen atoms in total. The van der Waals surface area contributed by atoms with E-state index in [4.69, 9.17) is 11.5 Å². The first kappa shape index (κ1) is 42.3. The summed E-state index contributed by atoms with van der Waals surface area (Å²) in [5.41, 5.74) is 11.9. The van der Waals surface area contributed by atoms with E-state index in [-0.39, 0.29) is 25.0 Å². The summed E-state index contributed by atoms with van der Waals surface area (Å²) in [7, 11) is 0. The molecule has 1 heterocycles. The molecule has 4 amide bonds. The second-order valence-electron chi connectivity index (χ2n) is 15.7. The van der Waals surface area contributed by atoms with Crippen molar-refractivity contribution < 1.29 is 24.0 Å². The number of Topliss-reactive ketones (excluding diaryl/α,β-unsaturated/α-hetero) is 1. The van der Waals surface area contributed by atoms with E-state index < -0.39 is 58.7 Å². The fraction of sp³-hybridized carbons (Fsp3) is 0.429. The number of hydrogen-bond donors (Lipinski definition) is 7. The lowest BCUT2D eigenvalue weighted by atomic mass is 9.84. The molecule has 0 saturated carbocycles. The molecule has 3 aromatic carbocycles. The predicted molar refractivity (Wildman–Crippen MR) is 213 cm³/mol. The number of unbranched alkanes of at least 4 members (excludes halogenated alkanes) is 1. The lowest BCUT2D eigenvalue weighted by molar-refractivity contribution is -0.135. The van der Waals surface area contributed by atoms with Crippen molar-refractivity contribution in [1.29, 1.82) is 0 Å². The highest BCUT2D eigenvalue weighted by Crippen LogP contribution is 2.21. The van der Waals surface area contributed by atoms with Crippen molar-refractivity contribution in [1.82, 2.24) is 31.2 Å². The summed E-state index contributed by atoms with van der Waals surface area (Å²) in [6.45, 7) is 8.92. The molecular formula is C42H56N8O5. The summed E-state index contributed by atoms with van der Waals surface area (Å²) in [5.74, 6) is -2.47. The average Bonchev–Trinajstić information content (AvgIpc) is 3.66. The van der Waals surface area contributed by atoms with Gasteiger partial charge in [-0.05, 0) is 61.6 Å². The van der Waals surface area contributed by atoms with Crippen LogP contribution < -0.4 is 32.7 Å². The third-order valence-corrected chi connectivity index (χ3v) is 9.31. The molecule has 4 atom stereocenters. The zero-order valence-electron chi connectivity index (χ0n) is 32.5. The van der Waals surface area contributed by atoms with Gasteiger partial charge in [-0.25, -0.2) is 4.98 Å². The van der Waals surface area contributed by atoms with E-state index in [9.17, 15) is 24.0 Å². The van der Waals surface area contributed by atoms with Gasteiger partial charge in [0.2, 0.25) is 23.6 Å². The molecule has 55 heavy (non-hydrogen) atoms. The minimum absolute atomic E-state index is 0.0460. The van der Waals surface area contributed by atoms with Crippen molar-refractivity contribution in [3.8, 4) is 0 Å². The topological polar surface area (TPSA) is 214 Å². The SMILES string of the molecule is CC(C)(C)C(=O)[C@H](CCCCN)NC(=O)[C@@H](Cc1ccccc1)NC(=O)[C@@H](Cc1ccc2ccccc2c1)NC(=O)[C@H](Cc1cnc[nH]1)NC(=O)C(C)(C)N. The number of nitrogens with one attached hydrogen (secondary N) is 5. The molecule has 0 aliphatic heterocycles. The Morgan fingerprint density at radius 3 is 1.80 bits per heavy atom. The Balaban J connectivity index is 1.67. The zero-order valence-corrected chi connectivity index (χ0v) is 32.5. The van der Waals surface area contributed by atoms with Crippen molar-refractivity contribution >= 4 is 40.2 Å². The third kappa shape index (κ3) is 12.9. The molecule has 0 aliphatic rings. The fourth-order valence-corrected chi connectivity index (χ4v) is 6.14. The highest BCUT2D eigenvalue weighted by Gasteiger charge is 2.35. The monoisotopic (exact) mass is 752 g/mol. The van der Waals surface area contributed by atoms with E-state index >= 15 is 0 Å². The minimum atomic E-state index is -1.29. The van der Waals surface area contributed by atoms with Crippen molar-refractivity contribution in [2.45, 2.75) is 103 Å². The van der Waals surface area contributed by atoms with Crippen LogP contribution in [0.3, 0.4) is 0 Å². The smallest absolute Gasteiger partial charge is 0.243 e. The van der Waals surface area contributed by atoms with Crippen molar-refractivity contribution in [2.75, 3.05) is 6.54 Å². The molecular weight excluding hydrogens is 697 g/mol. The molecule has 0 bridgehead atoms. The van der Waals surface area contributed by atoms with Crippen molar-refractivity contribution in [3.63, 3.8) is 0 Å². The first-order chi connectivity index (χ1) is 26.0. The Morgan fingerprint density at radius 1 is 0.673 bits per heavy atom. The van der Waals surface area contributed by atoms with Crippen LogP contribution in [0.2, 0.25) is 0 Å². The first-order valence-electron chi connectivity index (χ1n) is 18.8. The summed E-state index contributed by atoms with van der Waals surface area (Å²) in [4.78, 5) is 76.2. The number of H-pyrrole nitrogens is 1. The largest absolute Gasteiger partial charge is 0.348 e. The number of hydrogen-bond acceptors (Lipinski definition) is 8. The summed E-state index contributed by atoms with van der Waals surface area (Å²) >= 11 is 0. The molecule has 0 unspecified atom stereocenters. The van der Waals surface area contributed by atoms with Gasteiger partial charge in [0, 0.05) is 36.6 Å². The normalized spacial score (nSPS) is 13.9. The van der Waals surface area contributed by atoms with Crippen molar-refractivity contribution in [3.05, 3.63) is 102 Å². The van der Waals surface area contributed by atoms with Crippen molar-refractivity contribution in [2.24, 2.45) is 16.9 Å². The van der Waals surface area contributed by atoms with Crippen LogP contribution in [0.15, 0.2) is 85.3 Å². The maximum absolute atomic E-state index is 14.5. The number of nitrogens with two attached hydrogens (primary N) is 2. The highest BCUT2D eigenvalue weighted by atomic mass is 16.2. The van der Waals surface area contributed by atoms with Gasteiger partial charge in [-0.15, -0.1) is 0 Å². The fourth-order valence-electron chi connectivity index (χ4n) is 6.14. The number of benzene rings is 3. The number of amides is 4. The van der Waals surface area contributed by atoms with Gasteiger partial charge in [0.05, 0.1) is 17.9 Å². The van der Waals surface area contributed by atoms with Crippen LogP contribution in [-0.4, -0.2) is 75.6 Å². The minimum Gasteiger partial charge on any atom is -0.348 e. The number of rotatable bonds is 19. The molecule has 4 aromatic rings. The van der Waals surface area contributed by atoms with Crippen LogP contribution in [0.5, 0.6) is 0 Å². The van der Waals surface area contributed by atoms with Crippen LogP contribution in [0, 0.1) is 5.41 Å². The van der Waals surface area contributed by atoms with Gasteiger partial charge in [-0.3, -0.25) is 24.0 Å². The Hall–Kier alpha value is -5.40. The van der Waals surface area contributed by atoms with Gasteiger partial charge in [-0.2, -0.15) is 0 Å². The summed E-state index contributed by atoms with van der Waals surface area (Å²) in [6.07, 6.45) is 4.96. The Kier molecular flexibility index (Phi) is 14.8. The van der Waals surface area contributed by atoms with Gasteiger partial charge in [0.1, 0.15) is 18.1 Å². The number of fused-ring (bicyclic) bond motifs is 1. The summed E-state index contributed by atoms with van der Waals surface area (Å²) < 4.78 is 0. The van der Waals surface area contributed by atoms with Crippen LogP contribution in [0.4, 0.5) is 0 Å². The standard InChI is InChI=1S/C42H56N8O5/c1-41(2,3)36(51)32(17-11-12-20-43)47-37(52)33(22-27-13-7-6-8-14-27)48-38(53)34(23-28-18-19-29-15-9-10-16-30(29)21-28)49-39(54)35(24-31-25-45-26-46-31)50-40(55)42(4,5)44/h6-10,13-16,18-19,21,25-26,32-35H,11-12,17,20,22-24,43-44H2,1-5H3,(H,45,46)(H,47,52)(H,48,53)(H,49,54)(H,50,55)/t32-,33+,34+,35-/m0/s1. The van der Waals surface area contributed by atoms with E-state index in [0.29, 0.717) is 31.5 Å². The molecule has 0 fully saturated rings. The Bertz CT molecular complexity index is 1900. The lowest BCUT2D eigenvalue weighted by Gasteiger charge is -2.29. The molecule has 0 aliphatic carbocycles. The number of aromatic amines is 1. The molecule has 9 N–H and O–H groups in total. The molecule has 0 saturated heterocycles. The van der Waals surface area contributed by atoms with Gasteiger partial charge in [0.15, 0.2) is 5.78 Å². The molecule has 13 heteroatoms. The molecule has 1 aromatic heterocycles. The van der Waals surface area contributed by atoms with Gasteiger partial charge < -0.3 is 37.7 Å². The van der Waals surface area contributed by atoms with Crippen LogP contribution in [0.1, 0.15) is 70.7 Å². The first-order valence-corrected chi connectivity index (χ1v) is 18.8. The van der Waals surface area contributed by atoms with Gasteiger partial charge >= 0.3 is 0 Å². The summed E-state index contributed by atoms with van der Waals surface area (Å²) in [5, 5.41) is 13.4. The Morgan fingerprint density at radius 2 is 1.24 bits per heavy atom. The van der Waals surface area contributed by atoms with Crippen LogP contribution >= 0.6 is 0 Å². The van der Waals surface area contributed by atoms with E-state index in [2.05, 4.69) is 31.2 Å². The molecule has 0 spiro atoms. The van der Waals surface area contributed by atoms with E-state index in [0.717, 1.165) is 21.9 Å². The van der Waals surface area contributed by atoms with Crippen LogP contribution in [0.25, 0.3) is 10.8 Å². The van der Waals surface area contributed by atoms with Gasteiger partial charge in [0.25, 0.3) is 0 Å². The number of ketones is 1. The number of aromatic nitrogens is 2. The predicted octanol–water partition coefficient (Wildman–Crippen LogP) is 3.01. The summed E-state index contributed by atoms with van der Waals surface area (Å²) in [6, 6.07) is 18.6. The highest BCUT2D eigenvalue weighted by molar-refractivity contribution is 5.97. The maximum atomic E-state index is 14.5. The quantitative estimate of drug-likeness (QED) is 0.0706. The van der Waals surface area contributed by atoms with Gasteiger partial charge in [-0.1, -0.05) is 93.6 Å². The number of imidazole rings is 1. The number of carbonyl (C=O) groups is 5. The van der Waals surface area contributed by atoms with E-state index in [1.165, 1.54) is 20.2 Å².